The molecule has 13 heavy (non-hydrogen) atoms. The largest absolute Gasteiger partial charge is 0.388 e. The first-order valence-corrected chi connectivity index (χ1v) is 5.32. The van der Waals surface area contributed by atoms with Crippen LogP contribution < -0.4 is 5.32 Å². The molecule has 0 heterocycles. The molecular weight excluding hydrogens is 162 g/mol. The minimum absolute atomic E-state index is 0.283. The fourth-order valence-corrected chi connectivity index (χ4v) is 1.95. The molecule has 2 heteroatoms. The predicted octanol–water partition coefficient (Wildman–Crippen LogP) is 2.01. The lowest BCUT2D eigenvalue weighted by atomic mass is 9.83. The van der Waals surface area contributed by atoms with Crippen LogP contribution in [0.5, 0.6) is 0 Å². The summed E-state index contributed by atoms with van der Waals surface area (Å²) < 4.78 is 0. The first kappa shape index (κ1) is 8.79. The Labute approximate surface area is 79.4 Å². The molecule has 0 aliphatic heterocycles. The van der Waals surface area contributed by atoms with Crippen LogP contribution in [0.1, 0.15) is 38.5 Å². The topological polar surface area (TPSA) is 29.1 Å². The summed E-state index contributed by atoms with van der Waals surface area (Å²) in [4.78, 5) is 10.9. The van der Waals surface area contributed by atoms with E-state index in [1.807, 2.05) is 0 Å². The van der Waals surface area contributed by atoms with Crippen LogP contribution in [0.4, 0.5) is 0 Å². The summed E-state index contributed by atoms with van der Waals surface area (Å²) in [7, 11) is 0. The Morgan fingerprint density at radius 2 is 2.23 bits per heavy atom. The van der Waals surface area contributed by atoms with Crippen LogP contribution in [0.2, 0.25) is 0 Å². The third kappa shape index (κ3) is 2.33. The van der Waals surface area contributed by atoms with Crippen molar-refractivity contribution in [3.8, 4) is 0 Å². The molecule has 0 saturated heterocycles. The van der Waals surface area contributed by atoms with Gasteiger partial charge in [-0.3, -0.25) is 4.79 Å². The lowest BCUT2D eigenvalue weighted by molar-refractivity contribution is -0.114. The zero-order valence-electron chi connectivity index (χ0n) is 8.01. The molecule has 0 aromatic heterocycles. The number of rotatable bonds is 4. The summed E-state index contributed by atoms with van der Waals surface area (Å²) in [6.45, 7) is 1.06. The van der Waals surface area contributed by atoms with Gasteiger partial charge in [0.1, 0.15) is 0 Å². The van der Waals surface area contributed by atoms with E-state index in [1.165, 1.54) is 25.7 Å². The van der Waals surface area contributed by atoms with E-state index in [2.05, 4.69) is 5.32 Å². The molecule has 1 N–H and O–H groups in total. The fraction of sp³-hybridized carbons (Fsp3) is 0.727. The zero-order chi connectivity index (χ0) is 9.10. The molecule has 0 radical (unpaired) electrons. The Balaban J connectivity index is 1.62. The second-order valence-corrected chi connectivity index (χ2v) is 4.15. The van der Waals surface area contributed by atoms with E-state index in [9.17, 15) is 4.79 Å². The molecule has 1 fully saturated rings. The molecular formula is C11H17NO. The maximum absolute atomic E-state index is 10.9. The van der Waals surface area contributed by atoms with Crippen LogP contribution in [0, 0.1) is 5.92 Å². The number of hydrogen-bond acceptors (Lipinski definition) is 2. The molecule has 72 valence electrons. The van der Waals surface area contributed by atoms with Gasteiger partial charge in [0.25, 0.3) is 0 Å². The quantitative estimate of drug-likeness (QED) is 0.715. The summed E-state index contributed by atoms with van der Waals surface area (Å²) in [6, 6.07) is 0. The lowest BCUT2D eigenvalue weighted by Gasteiger charge is -2.25. The average molecular weight is 179 g/mol. The van der Waals surface area contributed by atoms with Gasteiger partial charge in [-0.05, 0) is 18.8 Å². The highest BCUT2D eigenvalue weighted by Crippen LogP contribution is 2.28. The average Bonchev–Trinajstić information content (AvgIpc) is 2.42. The highest BCUT2D eigenvalue weighted by atomic mass is 16.1. The normalized spacial score (nSPS) is 22.8. The van der Waals surface area contributed by atoms with Crippen LogP contribution in [-0.4, -0.2) is 12.3 Å². The predicted molar refractivity (Wildman–Crippen MR) is 52.3 cm³/mol. The molecule has 0 amide bonds. The Bertz CT molecular complexity index is 228. The van der Waals surface area contributed by atoms with E-state index in [0.29, 0.717) is 6.42 Å². The number of carbonyl (C=O) groups is 1. The molecule has 0 atom stereocenters. The van der Waals surface area contributed by atoms with Crippen molar-refractivity contribution in [2.24, 2.45) is 5.92 Å². The summed E-state index contributed by atoms with van der Waals surface area (Å²) in [5.41, 5.74) is 1.16. The molecule has 2 nitrogen and oxygen atoms in total. The maximum atomic E-state index is 10.9. The third-order valence-electron chi connectivity index (χ3n) is 3.11. The summed E-state index contributed by atoms with van der Waals surface area (Å²) >= 11 is 0. The Morgan fingerprint density at radius 1 is 1.38 bits per heavy atom. The smallest absolute Gasteiger partial charge is 0.157 e. The minimum Gasteiger partial charge on any atom is -0.388 e. The first-order valence-electron chi connectivity index (χ1n) is 5.32. The maximum Gasteiger partial charge on any atom is 0.157 e. The number of allylic oxidation sites excluding steroid dienone is 2. The van der Waals surface area contributed by atoms with Gasteiger partial charge in [0.15, 0.2) is 5.78 Å². The minimum atomic E-state index is 0.283. The fourth-order valence-electron chi connectivity index (χ4n) is 1.95. The van der Waals surface area contributed by atoms with Crippen molar-refractivity contribution in [2.45, 2.75) is 38.5 Å². The van der Waals surface area contributed by atoms with E-state index in [4.69, 9.17) is 0 Å². The SMILES string of the molecule is O=C1C=C(NCCC2CCC2)CC1. The van der Waals surface area contributed by atoms with Crippen LogP contribution in [0.3, 0.4) is 0 Å². The van der Waals surface area contributed by atoms with E-state index in [1.54, 1.807) is 6.08 Å². The monoisotopic (exact) mass is 179 g/mol. The van der Waals surface area contributed by atoms with Gasteiger partial charge in [0.2, 0.25) is 0 Å². The van der Waals surface area contributed by atoms with Crippen molar-refractivity contribution < 1.29 is 4.79 Å². The zero-order valence-corrected chi connectivity index (χ0v) is 8.01. The molecule has 0 bridgehead atoms. The van der Waals surface area contributed by atoms with Gasteiger partial charge in [-0.15, -0.1) is 0 Å². The number of hydrogen-bond donors (Lipinski definition) is 1. The van der Waals surface area contributed by atoms with E-state index >= 15 is 0 Å². The summed E-state index contributed by atoms with van der Waals surface area (Å²) in [5, 5.41) is 3.35. The van der Waals surface area contributed by atoms with Gasteiger partial charge in [-0.1, -0.05) is 19.3 Å². The van der Waals surface area contributed by atoms with Crippen molar-refractivity contribution in [2.75, 3.05) is 6.54 Å². The number of carbonyl (C=O) groups excluding carboxylic acids is 1. The molecule has 2 rings (SSSR count). The van der Waals surface area contributed by atoms with E-state index in [-0.39, 0.29) is 5.78 Å². The third-order valence-corrected chi connectivity index (χ3v) is 3.11. The molecule has 0 aromatic rings. The second kappa shape index (κ2) is 3.95. The van der Waals surface area contributed by atoms with Gasteiger partial charge in [-0.25, -0.2) is 0 Å². The van der Waals surface area contributed by atoms with Crippen molar-refractivity contribution in [3.05, 3.63) is 11.8 Å². The van der Waals surface area contributed by atoms with Crippen molar-refractivity contribution in [3.63, 3.8) is 0 Å². The Hall–Kier alpha value is -0.790. The van der Waals surface area contributed by atoms with Crippen LogP contribution in [0.15, 0.2) is 11.8 Å². The highest BCUT2D eigenvalue weighted by molar-refractivity contribution is 5.92. The van der Waals surface area contributed by atoms with Gasteiger partial charge in [-0.2, -0.15) is 0 Å². The van der Waals surface area contributed by atoms with Crippen molar-refractivity contribution >= 4 is 5.78 Å². The van der Waals surface area contributed by atoms with Gasteiger partial charge in [0.05, 0.1) is 0 Å². The molecule has 0 unspecified atom stereocenters. The molecule has 2 aliphatic carbocycles. The Morgan fingerprint density at radius 3 is 2.77 bits per heavy atom. The Kier molecular flexibility index (Phi) is 2.67. The molecule has 2 aliphatic rings. The first-order chi connectivity index (χ1) is 6.34. The van der Waals surface area contributed by atoms with Crippen LogP contribution in [-0.2, 0) is 4.79 Å². The molecule has 1 saturated carbocycles. The number of nitrogens with one attached hydrogen (secondary N) is 1. The standard InChI is InChI=1S/C11H17NO/c13-11-5-4-10(8-11)12-7-6-9-2-1-3-9/h8-9,12H,1-7H2. The highest BCUT2D eigenvalue weighted by Gasteiger charge is 2.17. The van der Waals surface area contributed by atoms with E-state index < -0.39 is 0 Å². The van der Waals surface area contributed by atoms with E-state index in [0.717, 1.165) is 24.6 Å². The van der Waals surface area contributed by atoms with Crippen LogP contribution in [0.25, 0.3) is 0 Å². The van der Waals surface area contributed by atoms with Gasteiger partial charge < -0.3 is 5.32 Å². The lowest BCUT2D eigenvalue weighted by Crippen LogP contribution is -2.20. The van der Waals surface area contributed by atoms with Crippen LogP contribution >= 0.6 is 0 Å². The summed E-state index contributed by atoms with van der Waals surface area (Å²) in [5.74, 6) is 1.25. The summed E-state index contributed by atoms with van der Waals surface area (Å²) in [6.07, 6.45) is 8.95. The molecule has 0 aromatic carbocycles. The van der Waals surface area contributed by atoms with Gasteiger partial charge >= 0.3 is 0 Å². The van der Waals surface area contributed by atoms with Crippen molar-refractivity contribution in [1.82, 2.24) is 5.32 Å². The molecule has 0 spiro atoms. The number of ketones is 1. The van der Waals surface area contributed by atoms with Crippen molar-refractivity contribution in [1.29, 1.82) is 0 Å². The van der Waals surface area contributed by atoms with Gasteiger partial charge in [0, 0.05) is 24.7 Å². The second-order valence-electron chi connectivity index (χ2n) is 4.15.